The number of carbonyl (C=O) groups excluding carboxylic acids is 1. The van der Waals surface area contributed by atoms with Gasteiger partial charge in [0.05, 0.1) is 12.0 Å². The topological polar surface area (TPSA) is 78.4 Å². The molecule has 0 aromatic carbocycles. The molecule has 1 fully saturated rings. The van der Waals surface area contributed by atoms with Crippen molar-refractivity contribution in [1.29, 1.82) is 0 Å². The molecule has 0 radical (unpaired) electrons. The Labute approximate surface area is 76.5 Å². The summed E-state index contributed by atoms with van der Waals surface area (Å²) in [5.41, 5.74) is -0.529. The van der Waals surface area contributed by atoms with Gasteiger partial charge in [-0.2, -0.15) is 0 Å². The molecule has 1 aliphatic rings. The van der Waals surface area contributed by atoms with Crippen LogP contribution in [0, 0.1) is 0 Å². The van der Waals surface area contributed by atoms with Gasteiger partial charge in [0.15, 0.2) is 0 Å². The third-order valence-electron chi connectivity index (χ3n) is 2.42. The number of carboxylic acid groups (broad SMARTS) is 1. The summed E-state index contributed by atoms with van der Waals surface area (Å²) in [5.74, 6) is -0.865. The molecule has 0 bridgehead atoms. The number of hydrogen-bond acceptors (Lipinski definition) is 3. The number of nitrogens with one attached hydrogen (secondary N) is 2. The first-order valence-corrected chi connectivity index (χ1v) is 4.32. The van der Waals surface area contributed by atoms with Gasteiger partial charge >= 0.3 is 5.97 Å². The highest BCUT2D eigenvalue weighted by molar-refractivity contribution is 5.69. The Morgan fingerprint density at radius 1 is 1.54 bits per heavy atom. The molecular formula is C8H14N2O3. The maximum absolute atomic E-state index is 10.6. The number of rotatable bonds is 4. The number of hydrogen-bond donors (Lipinski definition) is 3. The molecule has 0 aliphatic carbocycles. The number of aliphatic carboxylic acids is 1. The van der Waals surface area contributed by atoms with Crippen LogP contribution in [0.3, 0.4) is 0 Å². The second kappa shape index (κ2) is 4.23. The fourth-order valence-corrected chi connectivity index (χ4v) is 1.69. The average molecular weight is 186 g/mol. The monoisotopic (exact) mass is 186 g/mol. The molecule has 1 saturated heterocycles. The largest absolute Gasteiger partial charge is 0.481 e. The van der Waals surface area contributed by atoms with Crippen LogP contribution in [0.5, 0.6) is 0 Å². The second-order valence-corrected chi connectivity index (χ2v) is 3.36. The van der Waals surface area contributed by atoms with Gasteiger partial charge in [-0.3, -0.25) is 9.59 Å². The summed E-state index contributed by atoms with van der Waals surface area (Å²) in [6, 6.07) is 0. The molecule has 0 spiro atoms. The van der Waals surface area contributed by atoms with E-state index in [4.69, 9.17) is 5.11 Å². The lowest BCUT2D eigenvalue weighted by Crippen LogP contribution is -2.53. The minimum atomic E-state index is -0.865. The molecule has 74 valence electrons. The van der Waals surface area contributed by atoms with Crippen LogP contribution in [-0.4, -0.2) is 36.1 Å². The van der Waals surface area contributed by atoms with Crippen LogP contribution < -0.4 is 10.6 Å². The molecule has 0 unspecified atom stereocenters. The van der Waals surface area contributed by atoms with Crippen molar-refractivity contribution < 1.29 is 14.7 Å². The SMILES string of the molecule is O=CNC1(CC(=O)O)CCNCC1. The Hall–Kier alpha value is -1.10. The quantitative estimate of drug-likeness (QED) is 0.509. The van der Waals surface area contributed by atoms with Crippen molar-refractivity contribution in [3.63, 3.8) is 0 Å². The van der Waals surface area contributed by atoms with E-state index >= 15 is 0 Å². The zero-order valence-electron chi connectivity index (χ0n) is 7.38. The zero-order valence-corrected chi connectivity index (χ0v) is 7.38. The van der Waals surface area contributed by atoms with Crippen LogP contribution in [0.4, 0.5) is 0 Å². The van der Waals surface area contributed by atoms with Gasteiger partial charge in [-0.1, -0.05) is 0 Å². The standard InChI is InChI=1S/C8H14N2O3/c11-6-10-8(5-7(12)13)1-3-9-4-2-8/h6,9H,1-5H2,(H,10,11)(H,12,13). The molecular weight excluding hydrogens is 172 g/mol. The van der Waals surface area contributed by atoms with Gasteiger partial charge < -0.3 is 15.7 Å². The van der Waals surface area contributed by atoms with E-state index in [-0.39, 0.29) is 6.42 Å². The molecule has 0 atom stereocenters. The van der Waals surface area contributed by atoms with Crippen LogP contribution in [0.25, 0.3) is 0 Å². The smallest absolute Gasteiger partial charge is 0.305 e. The van der Waals surface area contributed by atoms with Crippen LogP contribution in [0.1, 0.15) is 19.3 Å². The van der Waals surface area contributed by atoms with Crippen molar-refractivity contribution >= 4 is 12.4 Å². The van der Waals surface area contributed by atoms with Gasteiger partial charge in [-0.25, -0.2) is 0 Å². The number of amides is 1. The lowest BCUT2D eigenvalue weighted by molar-refractivity contribution is -0.139. The first kappa shape index (κ1) is 9.98. The third-order valence-corrected chi connectivity index (χ3v) is 2.42. The summed E-state index contributed by atoms with van der Waals surface area (Å²) >= 11 is 0. The van der Waals surface area contributed by atoms with Crippen molar-refractivity contribution in [2.75, 3.05) is 13.1 Å². The highest BCUT2D eigenvalue weighted by Crippen LogP contribution is 2.21. The molecule has 5 nitrogen and oxygen atoms in total. The molecule has 5 heteroatoms. The van der Waals surface area contributed by atoms with Crippen molar-refractivity contribution in [1.82, 2.24) is 10.6 Å². The van der Waals surface area contributed by atoms with E-state index in [1.54, 1.807) is 0 Å². The van der Waals surface area contributed by atoms with E-state index in [1.807, 2.05) is 0 Å². The van der Waals surface area contributed by atoms with Crippen LogP contribution in [0.2, 0.25) is 0 Å². The van der Waals surface area contributed by atoms with Gasteiger partial charge in [-0.05, 0) is 25.9 Å². The van der Waals surface area contributed by atoms with Crippen molar-refractivity contribution in [2.24, 2.45) is 0 Å². The summed E-state index contributed by atoms with van der Waals surface area (Å²) in [4.78, 5) is 20.9. The highest BCUT2D eigenvalue weighted by Gasteiger charge is 2.33. The predicted molar refractivity (Wildman–Crippen MR) is 46.3 cm³/mol. The Bertz CT molecular complexity index is 200. The first-order valence-electron chi connectivity index (χ1n) is 4.32. The van der Waals surface area contributed by atoms with Gasteiger partial charge in [0.25, 0.3) is 0 Å². The Balaban J connectivity index is 2.60. The maximum atomic E-state index is 10.6. The van der Waals surface area contributed by atoms with Crippen LogP contribution in [-0.2, 0) is 9.59 Å². The van der Waals surface area contributed by atoms with E-state index in [2.05, 4.69) is 10.6 Å². The lowest BCUT2D eigenvalue weighted by Gasteiger charge is -2.35. The van der Waals surface area contributed by atoms with Crippen LogP contribution >= 0.6 is 0 Å². The Morgan fingerprint density at radius 2 is 2.15 bits per heavy atom. The molecule has 13 heavy (non-hydrogen) atoms. The normalized spacial score (nSPS) is 20.6. The van der Waals surface area contributed by atoms with Crippen molar-refractivity contribution in [3.8, 4) is 0 Å². The van der Waals surface area contributed by atoms with Gasteiger partial charge in [0, 0.05) is 0 Å². The maximum Gasteiger partial charge on any atom is 0.305 e. The van der Waals surface area contributed by atoms with Crippen molar-refractivity contribution in [3.05, 3.63) is 0 Å². The molecule has 1 aliphatic heterocycles. The van der Waals surface area contributed by atoms with Crippen molar-refractivity contribution in [2.45, 2.75) is 24.8 Å². The molecule has 0 saturated carbocycles. The lowest BCUT2D eigenvalue weighted by atomic mass is 9.85. The third kappa shape index (κ3) is 2.69. The number of piperidine rings is 1. The predicted octanol–water partition coefficient (Wildman–Crippen LogP) is -0.671. The zero-order chi connectivity index (χ0) is 9.73. The fraction of sp³-hybridized carbons (Fsp3) is 0.750. The fourth-order valence-electron chi connectivity index (χ4n) is 1.69. The minimum Gasteiger partial charge on any atom is -0.481 e. The van der Waals surface area contributed by atoms with Gasteiger partial charge in [0.1, 0.15) is 0 Å². The summed E-state index contributed by atoms with van der Waals surface area (Å²) in [6.45, 7) is 1.52. The molecule has 3 N–H and O–H groups in total. The van der Waals surface area contributed by atoms with E-state index in [9.17, 15) is 9.59 Å². The Kier molecular flexibility index (Phi) is 3.25. The highest BCUT2D eigenvalue weighted by atomic mass is 16.4. The molecule has 0 aromatic rings. The van der Waals surface area contributed by atoms with Gasteiger partial charge in [0.2, 0.25) is 6.41 Å². The van der Waals surface area contributed by atoms with E-state index < -0.39 is 11.5 Å². The minimum absolute atomic E-state index is 0.00736. The number of carboxylic acids is 1. The molecule has 0 aromatic heterocycles. The van der Waals surface area contributed by atoms with E-state index in [0.29, 0.717) is 19.3 Å². The average Bonchev–Trinajstić information content (AvgIpc) is 2.04. The second-order valence-electron chi connectivity index (χ2n) is 3.36. The Morgan fingerprint density at radius 3 is 2.62 bits per heavy atom. The van der Waals surface area contributed by atoms with Crippen LogP contribution in [0.15, 0.2) is 0 Å². The number of carbonyl (C=O) groups is 2. The molecule has 1 amide bonds. The molecule has 1 heterocycles. The molecule has 1 rings (SSSR count). The summed E-state index contributed by atoms with van der Waals surface area (Å²) in [6.07, 6.45) is 1.96. The summed E-state index contributed by atoms with van der Waals surface area (Å²) < 4.78 is 0. The summed E-state index contributed by atoms with van der Waals surface area (Å²) in [7, 11) is 0. The summed E-state index contributed by atoms with van der Waals surface area (Å²) in [5, 5.41) is 14.4. The van der Waals surface area contributed by atoms with E-state index in [1.165, 1.54) is 0 Å². The van der Waals surface area contributed by atoms with Gasteiger partial charge in [-0.15, -0.1) is 0 Å². The van der Waals surface area contributed by atoms with E-state index in [0.717, 1.165) is 13.1 Å². The first-order chi connectivity index (χ1) is 6.18.